The van der Waals surface area contributed by atoms with Crippen LogP contribution in [0.1, 0.15) is 43.0 Å². The molecule has 1 aliphatic rings. The number of hydrogen-bond acceptors (Lipinski definition) is 11. The highest BCUT2D eigenvalue weighted by molar-refractivity contribution is 7.86. The Kier molecular flexibility index (Phi) is 7.43. The smallest absolute Gasteiger partial charge is 0.296 e. The standard InChI is InChI=1S/C26H19ClFN5O8S2/c1-11-6-12(9-30-26-20(27)25(28)31-10-32-26)22(17(7-11)43(39,40)41)33-15-8-16(42(36,37)38)21(29)19-18(15)23(34)13-4-2-3-5-14(13)24(19)35/h2-8,10,33H,9,29H2,1H3,(H,30,31,32)(H,36,37,38)(H,39,40,41). The number of aromatic nitrogens is 2. The Labute approximate surface area is 248 Å². The van der Waals surface area contributed by atoms with E-state index in [2.05, 4.69) is 20.6 Å². The highest BCUT2D eigenvalue weighted by Crippen LogP contribution is 2.41. The predicted octanol–water partition coefficient (Wildman–Crippen LogP) is 3.78. The molecule has 1 aromatic heterocycles. The molecule has 222 valence electrons. The zero-order valence-electron chi connectivity index (χ0n) is 21.7. The van der Waals surface area contributed by atoms with Crippen LogP contribution in [-0.4, -0.2) is 47.5 Å². The van der Waals surface area contributed by atoms with E-state index >= 15 is 0 Å². The zero-order valence-corrected chi connectivity index (χ0v) is 24.1. The minimum atomic E-state index is -5.08. The van der Waals surface area contributed by atoms with E-state index in [1.165, 1.54) is 37.3 Å². The fourth-order valence-electron chi connectivity index (χ4n) is 4.70. The highest BCUT2D eigenvalue weighted by Gasteiger charge is 2.37. The van der Waals surface area contributed by atoms with Gasteiger partial charge in [-0.15, -0.1) is 0 Å². The average Bonchev–Trinajstić information content (AvgIpc) is 2.92. The van der Waals surface area contributed by atoms with Gasteiger partial charge in [0.15, 0.2) is 17.4 Å². The van der Waals surface area contributed by atoms with Crippen LogP contribution in [0.4, 0.5) is 27.3 Å². The number of nitrogens with one attached hydrogen (secondary N) is 2. The number of benzene rings is 3. The summed E-state index contributed by atoms with van der Waals surface area (Å²) < 4.78 is 83.4. The molecule has 0 saturated carbocycles. The summed E-state index contributed by atoms with van der Waals surface area (Å²) in [5, 5.41) is 4.92. The lowest BCUT2D eigenvalue weighted by molar-refractivity contribution is 0.0980. The number of carbonyl (C=O) groups is 2. The maximum Gasteiger partial charge on any atom is 0.296 e. The molecule has 1 heterocycles. The third-order valence-electron chi connectivity index (χ3n) is 6.54. The SMILES string of the molecule is Cc1cc(CNc2ncnc(F)c2Cl)c(Nc2cc(S(=O)(=O)O)c(N)c3c2C(=O)c2ccccc2C3=O)c(S(=O)(=O)O)c1. The number of ketones is 2. The summed E-state index contributed by atoms with van der Waals surface area (Å²) in [6, 6.07) is 9.01. The maximum absolute atomic E-state index is 13.9. The monoisotopic (exact) mass is 647 g/mol. The van der Waals surface area contributed by atoms with E-state index in [-0.39, 0.29) is 34.7 Å². The highest BCUT2D eigenvalue weighted by atomic mass is 35.5. The van der Waals surface area contributed by atoms with Crippen LogP contribution < -0.4 is 16.4 Å². The molecule has 17 heteroatoms. The number of nitrogens with zero attached hydrogens (tertiary/aromatic N) is 2. The number of nitrogens with two attached hydrogens (primary N) is 1. The summed E-state index contributed by atoms with van der Waals surface area (Å²) in [5.74, 6) is -2.77. The Balaban J connectivity index is 1.76. The molecule has 0 aliphatic heterocycles. The summed E-state index contributed by atoms with van der Waals surface area (Å²) in [5.41, 5.74) is 3.89. The van der Waals surface area contributed by atoms with Crippen molar-refractivity contribution in [2.45, 2.75) is 23.3 Å². The van der Waals surface area contributed by atoms with Gasteiger partial charge >= 0.3 is 0 Å². The Morgan fingerprint density at radius 1 is 0.930 bits per heavy atom. The van der Waals surface area contributed by atoms with E-state index in [0.717, 1.165) is 18.5 Å². The van der Waals surface area contributed by atoms with Crippen LogP contribution in [0.25, 0.3) is 0 Å². The third-order valence-corrected chi connectivity index (χ3v) is 8.64. The Morgan fingerprint density at radius 2 is 1.53 bits per heavy atom. The van der Waals surface area contributed by atoms with E-state index in [1.807, 2.05) is 0 Å². The summed E-state index contributed by atoms with van der Waals surface area (Å²) in [6.07, 6.45) is 0.889. The lowest BCUT2D eigenvalue weighted by Gasteiger charge is -2.25. The minimum Gasteiger partial charge on any atom is -0.397 e. The van der Waals surface area contributed by atoms with Crippen molar-refractivity contribution in [3.8, 4) is 0 Å². The number of halogens is 2. The van der Waals surface area contributed by atoms with Gasteiger partial charge in [0.2, 0.25) is 5.95 Å². The Hall–Kier alpha value is -4.48. The molecule has 3 aromatic carbocycles. The summed E-state index contributed by atoms with van der Waals surface area (Å²) >= 11 is 5.91. The molecule has 0 bridgehead atoms. The molecule has 5 rings (SSSR count). The molecule has 4 aromatic rings. The average molecular weight is 648 g/mol. The molecule has 0 spiro atoms. The van der Waals surface area contributed by atoms with Gasteiger partial charge in [-0.1, -0.05) is 41.9 Å². The molecule has 0 unspecified atom stereocenters. The second-order valence-corrected chi connectivity index (χ2v) is 12.5. The van der Waals surface area contributed by atoms with Crippen molar-refractivity contribution < 1.29 is 39.9 Å². The van der Waals surface area contributed by atoms with E-state index in [0.29, 0.717) is 5.56 Å². The molecule has 0 atom stereocenters. The van der Waals surface area contributed by atoms with Crippen molar-refractivity contribution in [3.63, 3.8) is 0 Å². The molecule has 1 aliphatic carbocycles. The van der Waals surface area contributed by atoms with Crippen LogP contribution in [0.2, 0.25) is 5.02 Å². The first-order chi connectivity index (χ1) is 20.1. The first kappa shape index (κ1) is 30.0. The van der Waals surface area contributed by atoms with Gasteiger partial charge < -0.3 is 16.4 Å². The quantitative estimate of drug-likeness (QED) is 0.0965. The molecule has 0 saturated heterocycles. The van der Waals surface area contributed by atoms with Crippen molar-refractivity contribution >= 4 is 66.3 Å². The van der Waals surface area contributed by atoms with Gasteiger partial charge in [0.1, 0.15) is 21.1 Å². The number of nitrogen functional groups attached to an aromatic ring is 1. The fraction of sp³-hybridized carbons (Fsp3) is 0.0769. The molecule has 6 N–H and O–H groups in total. The molecule has 0 amide bonds. The molecular formula is C26H19ClFN5O8S2. The van der Waals surface area contributed by atoms with Gasteiger partial charge in [-0.2, -0.15) is 21.2 Å². The molecule has 43 heavy (non-hydrogen) atoms. The molecule has 0 radical (unpaired) electrons. The lowest BCUT2D eigenvalue weighted by Crippen LogP contribution is -2.25. The van der Waals surface area contributed by atoms with E-state index in [1.54, 1.807) is 0 Å². The second-order valence-electron chi connectivity index (χ2n) is 9.34. The normalized spacial score (nSPS) is 13.0. The summed E-state index contributed by atoms with van der Waals surface area (Å²) in [7, 11) is -10.1. The van der Waals surface area contributed by atoms with Crippen LogP contribution in [0, 0.1) is 12.9 Å². The lowest BCUT2D eigenvalue weighted by atomic mass is 9.82. The van der Waals surface area contributed by atoms with E-state index < -0.39 is 75.1 Å². The van der Waals surface area contributed by atoms with Crippen molar-refractivity contribution in [2.75, 3.05) is 16.4 Å². The van der Waals surface area contributed by atoms with Crippen molar-refractivity contribution in [1.29, 1.82) is 0 Å². The van der Waals surface area contributed by atoms with Gasteiger partial charge in [0, 0.05) is 17.7 Å². The van der Waals surface area contributed by atoms with Crippen LogP contribution in [0.15, 0.2) is 58.6 Å². The van der Waals surface area contributed by atoms with Crippen molar-refractivity contribution in [2.24, 2.45) is 0 Å². The number of fused-ring (bicyclic) bond motifs is 2. The number of rotatable bonds is 7. The number of anilines is 4. The fourth-order valence-corrected chi connectivity index (χ4v) is 6.29. The number of hydrogen-bond donors (Lipinski definition) is 5. The van der Waals surface area contributed by atoms with Crippen LogP contribution in [0.5, 0.6) is 0 Å². The first-order valence-electron chi connectivity index (χ1n) is 12.0. The third kappa shape index (κ3) is 5.41. The largest absolute Gasteiger partial charge is 0.397 e. The molecular weight excluding hydrogens is 629 g/mol. The van der Waals surface area contributed by atoms with Gasteiger partial charge in [0.05, 0.1) is 28.2 Å². The molecule has 0 fully saturated rings. The van der Waals surface area contributed by atoms with Crippen LogP contribution in [0.3, 0.4) is 0 Å². The second kappa shape index (κ2) is 10.7. The van der Waals surface area contributed by atoms with Crippen LogP contribution >= 0.6 is 11.6 Å². The van der Waals surface area contributed by atoms with Crippen molar-refractivity contribution in [1.82, 2.24) is 9.97 Å². The number of carbonyl (C=O) groups excluding carboxylic acids is 2. The summed E-state index contributed by atoms with van der Waals surface area (Å²) in [4.78, 5) is 32.7. The Morgan fingerprint density at radius 3 is 2.14 bits per heavy atom. The zero-order chi connectivity index (χ0) is 31.4. The van der Waals surface area contributed by atoms with Crippen LogP contribution in [-0.2, 0) is 26.8 Å². The van der Waals surface area contributed by atoms with E-state index in [9.17, 15) is 39.9 Å². The van der Waals surface area contributed by atoms with E-state index in [4.69, 9.17) is 17.3 Å². The van der Waals surface area contributed by atoms with Gasteiger partial charge in [-0.3, -0.25) is 18.7 Å². The van der Waals surface area contributed by atoms with Gasteiger partial charge in [0.25, 0.3) is 20.2 Å². The minimum absolute atomic E-state index is 0.0386. The summed E-state index contributed by atoms with van der Waals surface area (Å²) in [6.45, 7) is 1.21. The maximum atomic E-state index is 13.9. The number of aryl methyl sites for hydroxylation is 1. The van der Waals surface area contributed by atoms with Crippen molar-refractivity contribution in [3.05, 3.63) is 93.1 Å². The first-order valence-corrected chi connectivity index (χ1v) is 15.3. The van der Waals surface area contributed by atoms with Gasteiger partial charge in [-0.25, -0.2) is 9.97 Å². The molecule has 13 nitrogen and oxygen atoms in total. The predicted molar refractivity (Wildman–Crippen MR) is 153 cm³/mol. The topological polar surface area (TPSA) is 219 Å². The Bertz CT molecular complexity index is 2110. The van der Waals surface area contributed by atoms with Gasteiger partial charge in [-0.05, 0) is 30.2 Å².